The van der Waals surface area contributed by atoms with Gasteiger partial charge < -0.3 is 24.1 Å². The molecule has 7 heteroatoms. The van der Waals surface area contributed by atoms with Crippen LogP contribution in [0.4, 0.5) is 0 Å². The number of imidazole rings is 1. The van der Waals surface area contributed by atoms with E-state index >= 15 is 0 Å². The lowest BCUT2D eigenvalue weighted by molar-refractivity contribution is 0.0669. The number of ether oxygens (including phenoxy) is 1. The Bertz CT molecular complexity index is 1480. The number of nitrogens with zero attached hydrogens (tertiary/aromatic N) is 4. The molecule has 7 rings (SSSR count). The number of aromatic nitrogens is 3. The van der Waals surface area contributed by atoms with E-state index in [9.17, 15) is 4.79 Å². The maximum Gasteiger partial charge on any atom is 0.254 e. The first kappa shape index (κ1) is 21.9. The minimum atomic E-state index is 0.0670. The first-order valence-corrected chi connectivity index (χ1v) is 13.3. The second kappa shape index (κ2) is 8.37. The minimum absolute atomic E-state index is 0.0670. The number of aryl methyl sites for hydroxylation is 1. The largest absolute Gasteiger partial charge is 0.494 e. The first-order chi connectivity index (χ1) is 17.6. The second-order valence-electron chi connectivity index (χ2n) is 10.8. The summed E-state index contributed by atoms with van der Waals surface area (Å²) >= 11 is 0. The average Bonchev–Trinajstić information content (AvgIpc) is 3.32. The highest BCUT2D eigenvalue weighted by molar-refractivity contribution is 6.00. The van der Waals surface area contributed by atoms with Gasteiger partial charge >= 0.3 is 0 Å². The molecule has 1 saturated carbocycles. The molecule has 1 N–H and O–H groups in total. The van der Waals surface area contributed by atoms with Crippen molar-refractivity contribution in [2.45, 2.75) is 38.3 Å². The van der Waals surface area contributed by atoms with Crippen LogP contribution in [0.1, 0.15) is 36.0 Å². The van der Waals surface area contributed by atoms with Crippen molar-refractivity contribution < 1.29 is 9.53 Å². The van der Waals surface area contributed by atoms with Crippen molar-refractivity contribution in [3.63, 3.8) is 0 Å². The fourth-order valence-corrected chi connectivity index (χ4v) is 6.37. The summed E-state index contributed by atoms with van der Waals surface area (Å²) in [6.45, 7) is 3.67. The molecular weight excluding hydrogens is 450 g/mol. The Morgan fingerprint density at radius 2 is 2.00 bits per heavy atom. The number of hydrogen-bond acceptors (Lipinski definition) is 4. The number of carbonyl (C=O) groups is 1. The van der Waals surface area contributed by atoms with Crippen LogP contribution in [0.15, 0.2) is 42.5 Å². The van der Waals surface area contributed by atoms with Crippen LogP contribution in [-0.2, 0) is 13.6 Å². The Kier molecular flexibility index (Phi) is 5.10. The molecule has 2 atom stereocenters. The van der Waals surface area contributed by atoms with Crippen molar-refractivity contribution in [3.8, 4) is 17.3 Å². The molecule has 3 aliphatic rings. The Hall–Kier alpha value is -3.32. The maximum absolute atomic E-state index is 13.6. The molecule has 36 heavy (non-hydrogen) atoms. The van der Waals surface area contributed by atoms with Gasteiger partial charge in [0, 0.05) is 49.2 Å². The molecule has 2 unspecified atom stereocenters. The molecule has 2 aromatic carbocycles. The second-order valence-corrected chi connectivity index (χ2v) is 10.8. The highest BCUT2D eigenvalue weighted by Crippen LogP contribution is 2.38. The summed E-state index contributed by atoms with van der Waals surface area (Å²) in [4.78, 5) is 20.7. The fourth-order valence-electron chi connectivity index (χ4n) is 6.37. The third-order valence-corrected chi connectivity index (χ3v) is 8.54. The summed E-state index contributed by atoms with van der Waals surface area (Å²) < 4.78 is 10.4. The molecule has 0 bridgehead atoms. The van der Waals surface area contributed by atoms with Crippen molar-refractivity contribution in [1.82, 2.24) is 24.3 Å². The van der Waals surface area contributed by atoms with E-state index in [-0.39, 0.29) is 5.91 Å². The monoisotopic (exact) mass is 483 g/mol. The SMILES string of the molecule is COc1cc(C(=O)N2CCC3CCNC3C2)cc2nc(-c3cc4ccccc4n3CC3CC3)n(C)c12. The Labute approximate surface area is 211 Å². The molecule has 2 aromatic heterocycles. The van der Waals surface area contributed by atoms with Gasteiger partial charge in [0.1, 0.15) is 11.3 Å². The summed E-state index contributed by atoms with van der Waals surface area (Å²) in [6, 6.07) is 15.1. The van der Waals surface area contributed by atoms with Gasteiger partial charge in [0.15, 0.2) is 5.82 Å². The van der Waals surface area contributed by atoms with E-state index in [2.05, 4.69) is 44.8 Å². The van der Waals surface area contributed by atoms with E-state index in [0.717, 1.165) is 61.1 Å². The third kappa shape index (κ3) is 3.52. The summed E-state index contributed by atoms with van der Waals surface area (Å²) in [5.41, 5.74) is 4.74. The normalized spacial score (nSPS) is 21.9. The van der Waals surface area contributed by atoms with Gasteiger partial charge in [-0.15, -0.1) is 0 Å². The van der Waals surface area contributed by atoms with Gasteiger partial charge in [0.25, 0.3) is 5.91 Å². The predicted molar refractivity (Wildman–Crippen MR) is 141 cm³/mol. The molecule has 7 nitrogen and oxygen atoms in total. The smallest absolute Gasteiger partial charge is 0.254 e. The third-order valence-electron chi connectivity index (χ3n) is 8.54. The molecule has 186 valence electrons. The lowest BCUT2D eigenvalue weighted by atomic mass is 9.92. The van der Waals surface area contributed by atoms with Crippen LogP contribution in [0.2, 0.25) is 0 Å². The Morgan fingerprint density at radius 1 is 1.14 bits per heavy atom. The van der Waals surface area contributed by atoms with Crippen LogP contribution in [0.3, 0.4) is 0 Å². The van der Waals surface area contributed by atoms with Gasteiger partial charge in [0.2, 0.25) is 0 Å². The number of carbonyl (C=O) groups excluding carboxylic acids is 1. The van der Waals surface area contributed by atoms with Gasteiger partial charge in [0.05, 0.1) is 18.3 Å². The van der Waals surface area contributed by atoms with Gasteiger partial charge in [-0.3, -0.25) is 4.79 Å². The van der Waals surface area contributed by atoms with E-state index in [4.69, 9.17) is 9.72 Å². The van der Waals surface area contributed by atoms with E-state index in [1.807, 2.05) is 24.1 Å². The number of benzene rings is 2. The maximum atomic E-state index is 13.6. The number of hydrogen-bond donors (Lipinski definition) is 1. The standard InChI is InChI=1S/C29H33N5O2/c1-32-27-22(31-28(32)25-14-20-5-3-4-6-24(20)34(25)16-18-7-8-18)13-21(15-26(27)36-2)29(35)33-12-10-19-9-11-30-23(19)17-33/h3-6,13-15,18-19,23,30H,7-12,16-17H2,1-2H3. The molecule has 1 aliphatic carbocycles. The van der Waals surface area contributed by atoms with Crippen LogP contribution < -0.4 is 10.1 Å². The fraction of sp³-hybridized carbons (Fsp3) is 0.448. The molecule has 4 aromatic rings. The lowest BCUT2D eigenvalue weighted by Crippen LogP contribution is -2.48. The zero-order chi connectivity index (χ0) is 24.4. The number of rotatable bonds is 5. The highest BCUT2D eigenvalue weighted by atomic mass is 16.5. The molecule has 3 fully saturated rings. The van der Waals surface area contributed by atoms with Crippen molar-refractivity contribution in [3.05, 3.63) is 48.0 Å². The Balaban J connectivity index is 1.30. The summed E-state index contributed by atoms with van der Waals surface area (Å²) in [7, 11) is 3.72. The number of nitrogens with one attached hydrogen (secondary N) is 1. The van der Waals surface area contributed by atoms with E-state index in [1.165, 1.54) is 30.2 Å². The highest BCUT2D eigenvalue weighted by Gasteiger charge is 2.35. The van der Waals surface area contributed by atoms with Crippen molar-refractivity contribution >= 4 is 27.8 Å². The van der Waals surface area contributed by atoms with Crippen LogP contribution in [0.25, 0.3) is 33.5 Å². The predicted octanol–water partition coefficient (Wildman–Crippen LogP) is 4.44. The summed E-state index contributed by atoms with van der Waals surface area (Å²) in [5.74, 6) is 3.10. The average molecular weight is 484 g/mol. The number of para-hydroxylation sites is 1. The van der Waals surface area contributed by atoms with Gasteiger partial charge in [-0.25, -0.2) is 4.98 Å². The van der Waals surface area contributed by atoms with Crippen LogP contribution in [-0.4, -0.2) is 57.7 Å². The van der Waals surface area contributed by atoms with Gasteiger partial charge in [-0.05, 0) is 68.3 Å². The van der Waals surface area contributed by atoms with E-state index < -0.39 is 0 Å². The zero-order valence-electron chi connectivity index (χ0n) is 21.0. The van der Waals surface area contributed by atoms with Crippen molar-refractivity contribution in [2.75, 3.05) is 26.7 Å². The topological polar surface area (TPSA) is 64.3 Å². The summed E-state index contributed by atoms with van der Waals surface area (Å²) in [5, 5.41) is 4.80. The number of methoxy groups -OCH3 is 1. The van der Waals surface area contributed by atoms with Crippen LogP contribution >= 0.6 is 0 Å². The first-order valence-electron chi connectivity index (χ1n) is 13.3. The lowest BCUT2D eigenvalue weighted by Gasteiger charge is -2.35. The van der Waals surface area contributed by atoms with Crippen molar-refractivity contribution in [2.24, 2.45) is 18.9 Å². The van der Waals surface area contributed by atoms with Crippen LogP contribution in [0.5, 0.6) is 5.75 Å². The molecule has 2 saturated heterocycles. The number of fused-ring (bicyclic) bond motifs is 3. The molecule has 2 aliphatic heterocycles. The molecule has 1 amide bonds. The van der Waals surface area contributed by atoms with E-state index in [1.54, 1.807) is 7.11 Å². The molecular formula is C29H33N5O2. The van der Waals surface area contributed by atoms with Crippen molar-refractivity contribution in [1.29, 1.82) is 0 Å². The number of likely N-dealkylation sites (tertiary alicyclic amines) is 1. The molecule has 4 heterocycles. The van der Waals surface area contributed by atoms with Gasteiger partial charge in [-0.2, -0.15) is 0 Å². The van der Waals surface area contributed by atoms with E-state index in [0.29, 0.717) is 23.3 Å². The van der Waals surface area contributed by atoms with Gasteiger partial charge in [-0.1, -0.05) is 18.2 Å². The quantitative estimate of drug-likeness (QED) is 0.456. The zero-order valence-corrected chi connectivity index (χ0v) is 21.0. The minimum Gasteiger partial charge on any atom is -0.494 e. The molecule has 0 radical (unpaired) electrons. The molecule has 0 spiro atoms. The Morgan fingerprint density at radius 3 is 2.83 bits per heavy atom. The number of piperidine rings is 1. The van der Waals surface area contributed by atoms with Crippen LogP contribution in [0, 0.1) is 11.8 Å². The number of amides is 1. The summed E-state index contributed by atoms with van der Waals surface area (Å²) in [6.07, 6.45) is 4.88.